The molecule has 114 valence electrons. The van der Waals surface area contributed by atoms with Crippen molar-refractivity contribution in [1.82, 2.24) is 15.5 Å². The number of rotatable bonds is 6. The van der Waals surface area contributed by atoms with Crippen molar-refractivity contribution in [2.45, 2.75) is 12.5 Å². The predicted molar refractivity (Wildman–Crippen MR) is 79.0 cm³/mol. The summed E-state index contributed by atoms with van der Waals surface area (Å²) in [6, 6.07) is 8.43. The van der Waals surface area contributed by atoms with E-state index in [1.807, 2.05) is 35.2 Å². The van der Waals surface area contributed by atoms with Crippen molar-refractivity contribution in [2.24, 2.45) is 0 Å². The Morgan fingerprint density at radius 2 is 1.90 bits per heavy atom. The van der Waals surface area contributed by atoms with Gasteiger partial charge in [0, 0.05) is 32.6 Å². The summed E-state index contributed by atoms with van der Waals surface area (Å²) in [6.45, 7) is 3.59. The fourth-order valence-corrected chi connectivity index (χ4v) is 2.36. The van der Waals surface area contributed by atoms with Gasteiger partial charge in [-0.15, -0.1) is 0 Å². The number of nitrogens with one attached hydrogen (secondary N) is 2. The third-order valence-electron chi connectivity index (χ3n) is 3.49. The molecule has 2 rings (SSSR count). The Kier molecular flexibility index (Phi) is 5.71. The lowest BCUT2D eigenvalue weighted by Crippen LogP contribution is -2.50. The van der Waals surface area contributed by atoms with Gasteiger partial charge in [-0.1, -0.05) is 30.3 Å². The van der Waals surface area contributed by atoms with Gasteiger partial charge in [0.15, 0.2) is 0 Å². The van der Waals surface area contributed by atoms with Crippen molar-refractivity contribution in [3.05, 3.63) is 35.9 Å². The number of hydrogen-bond donors (Lipinski definition) is 3. The van der Waals surface area contributed by atoms with Crippen LogP contribution in [-0.4, -0.2) is 60.6 Å². The Labute approximate surface area is 124 Å². The van der Waals surface area contributed by atoms with E-state index in [0.717, 1.165) is 31.7 Å². The number of carbonyl (C=O) groups is 2. The molecule has 0 aliphatic carbocycles. The largest absolute Gasteiger partial charge is 0.480 e. The molecule has 1 fully saturated rings. The van der Waals surface area contributed by atoms with E-state index in [4.69, 9.17) is 0 Å². The zero-order chi connectivity index (χ0) is 15.1. The summed E-state index contributed by atoms with van der Waals surface area (Å²) in [5.41, 5.74) is 0.896. The summed E-state index contributed by atoms with van der Waals surface area (Å²) in [5, 5.41) is 15.1. The molecule has 1 aliphatic heterocycles. The minimum atomic E-state index is -1.01. The molecule has 1 aromatic rings. The lowest BCUT2D eigenvalue weighted by atomic mass is 10.1. The van der Waals surface area contributed by atoms with Crippen LogP contribution in [0.5, 0.6) is 0 Å². The second-order valence-corrected chi connectivity index (χ2v) is 5.17. The molecule has 3 N–H and O–H groups in total. The summed E-state index contributed by atoms with van der Waals surface area (Å²) >= 11 is 0. The van der Waals surface area contributed by atoms with Gasteiger partial charge in [0.05, 0.1) is 6.54 Å². The van der Waals surface area contributed by atoms with E-state index in [-0.39, 0.29) is 12.5 Å². The van der Waals surface area contributed by atoms with Crippen molar-refractivity contribution in [3.63, 3.8) is 0 Å². The van der Waals surface area contributed by atoms with Crippen LogP contribution < -0.4 is 10.6 Å². The van der Waals surface area contributed by atoms with Crippen LogP contribution in [0, 0.1) is 0 Å². The van der Waals surface area contributed by atoms with E-state index in [1.165, 1.54) is 0 Å². The maximum atomic E-state index is 12.0. The van der Waals surface area contributed by atoms with Crippen LogP contribution in [0.1, 0.15) is 5.56 Å². The summed E-state index contributed by atoms with van der Waals surface area (Å²) in [6.07, 6.45) is 0.295. The quantitative estimate of drug-likeness (QED) is 0.671. The first-order valence-corrected chi connectivity index (χ1v) is 7.14. The van der Waals surface area contributed by atoms with Gasteiger partial charge < -0.3 is 15.7 Å². The van der Waals surface area contributed by atoms with E-state index >= 15 is 0 Å². The zero-order valence-electron chi connectivity index (χ0n) is 11.9. The van der Waals surface area contributed by atoms with Gasteiger partial charge in [0.1, 0.15) is 6.04 Å². The van der Waals surface area contributed by atoms with Gasteiger partial charge in [-0.05, 0) is 5.56 Å². The molecular formula is C15H21N3O3. The molecule has 21 heavy (non-hydrogen) atoms. The van der Waals surface area contributed by atoms with Crippen LogP contribution >= 0.6 is 0 Å². The van der Waals surface area contributed by atoms with Gasteiger partial charge in [-0.3, -0.25) is 9.69 Å². The highest BCUT2D eigenvalue weighted by atomic mass is 16.4. The number of carbonyl (C=O) groups excluding carboxylic acids is 1. The third kappa shape index (κ3) is 5.17. The minimum absolute atomic E-state index is 0.236. The molecule has 6 heteroatoms. The molecule has 0 bridgehead atoms. The monoisotopic (exact) mass is 291 g/mol. The maximum absolute atomic E-state index is 12.0. The first-order chi connectivity index (χ1) is 10.1. The van der Waals surface area contributed by atoms with E-state index in [0.29, 0.717) is 6.42 Å². The minimum Gasteiger partial charge on any atom is -0.480 e. The van der Waals surface area contributed by atoms with E-state index in [2.05, 4.69) is 10.6 Å². The number of carboxylic acids is 1. The number of benzene rings is 1. The number of carboxylic acid groups (broad SMARTS) is 1. The molecule has 1 aliphatic rings. The molecule has 1 atom stereocenters. The molecule has 1 heterocycles. The van der Waals surface area contributed by atoms with Crippen LogP contribution in [0.15, 0.2) is 30.3 Å². The summed E-state index contributed by atoms with van der Waals surface area (Å²) < 4.78 is 0. The second kappa shape index (κ2) is 7.75. The van der Waals surface area contributed by atoms with Crippen LogP contribution in [0.2, 0.25) is 0 Å². The Bertz CT molecular complexity index is 472. The Morgan fingerprint density at radius 1 is 1.24 bits per heavy atom. The normalized spacial score (nSPS) is 17.1. The summed E-state index contributed by atoms with van der Waals surface area (Å²) in [4.78, 5) is 25.3. The van der Waals surface area contributed by atoms with Crippen LogP contribution in [0.4, 0.5) is 0 Å². The van der Waals surface area contributed by atoms with Crippen molar-refractivity contribution >= 4 is 11.9 Å². The van der Waals surface area contributed by atoms with Crippen LogP contribution in [0.3, 0.4) is 0 Å². The lowest BCUT2D eigenvalue weighted by Gasteiger charge is -2.27. The molecule has 1 saturated heterocycles. The SMILES string of the molecule is O=C(CN1CCNCC1)N[C@H](Cc1ccccc1)C(=O)O. The fraction of sp³-hybridized carbons (Fsp3) is 0.467. The molecule has 0 aromatic heterocycles. The topological polar surface area (TPSA) is 81.7 Å². The highest BCUT2D eigenvalue weighted by Crippen LogP contribution is 2.04. The zero-order valence-corrected chi connectivity index (χ0v) is 11.9. The van der Waals surface area contributed by atoms with Gasteiger partial charge in [-0.25, -0.2) is 4.79 Å². The predicted octanol–water partition coefficient (Wildman–Crippen LogP) is -0.296. The molecule has 0 spiro atoms. The molecular weight excluding hydrogens is 270 g/mol. The highest BCUT2D eigenvalue weighted by Gasteiger charge is 2.22. The highest BCUT2D eigenvalue weighted by molar-refractivity contribution is 5.84. The summed E-state index contributed by atoms with van der Waals surface area (Å²) in [5.74, 6) is -1.24. The Hall–Kier alpha value is -1.92. The molecule has 0 saturated carbocycles. The lowest BCUT2D eigenvalue weighted by molar-refractivity contribution is -0.142. The molecule has 1 amide bonds. The summed E-state index contributed by atoms with van der Waals surface area (Å²) in [7, 11) is 0. The van der Waals surface area contributed by atoms with Gasteiger partial charge in [0.25, 0.3) is 0 Å². The number of hydrogen-bond acceptors (Lipinski definition) is 4. The van der Waals surface area contributed by atoms with Crippen molar-refractivity contribution < 1.29 is 14.7 Å². The average Bonchev–Trinajstić information content (AvgIpc) is 2.48. The first-order valence-electron chi connectivity index (χ1n) is 7.14. The van der Waals surface area contributed by atoms with Gasteiger partial charge >= 0.3 is 5.97 Å². The van der Waals surface area contributed by atoms with Crippen molar-refractivity contribution in [2.75, 3.05) is 32.7 Å². The number of nitrogens with zero attached hydrogens (tertiary/aromatic N) is 1. The molecule has 0 unspecified atom stereocenters. The van der Waals surface area contributed by atoms with Crippen molar-refractivity contribution in [3.8, 4) is 0 Å². The standard InChI is InChI=1S/C15H21N3O3/c19-14(11-18-8-6-16-7-9-18)17-13(15(20)21)10-12-4-2-1-3-5-12/h1-5,13,16H,6-11H2,(H,17,19)(H,20,21)/t13-/m1/s1. The molecule has 1 aromatic carbocycles. The maximum Gasteiger partial charge on any atom is 0.326 e. The van der Waals surface area contributed by atoms with Gasteiger partial charge in [-0.2, -0.15) is 0 Å². The molecule has 6 nitrogen and oxygen atoms in total. The van der Waals surface area contributed by atoms with E-state index < -0.39 is 12.0 Å². The van der Waals surface area contributed by atoms with E-state index in [1.54, 1.807) is 0 Å². The molecule has 0 radical (unpaired) electrons. The van der Waals surface area contributed by atoms with E-state index in [9.17, 15) is 14.7 Å². The average molecular weight is 291 g/mol. The fourth-order valence-electron chi connectivity index (χ4n) is 2.36. The Balaban J connectivity index is 1.86. The van der Waals surface area contributed by atoms with Crippen LogP contribution in [0.25, 0.3) is 0 Å². The van der Waals surface area contributed by atoms with Gasteiger partial charge in [0.2, 0.25) is 5.91 Å². The smallest absolute Gasteiger partial charge is 0.326 e. The number of aliphatic carboxylic acids is 1. The third-order valence-corrected chi connectivity index (χ3v) is 3.49. The number of piperazine rings is 1. The first kappa shape index (κ1) is 15.5. The van der Waals surface area contributed by atoms with Crippen LogP contribution in [-0.2, 0) is 16.0 Å². The van der Waals surface area contributed by atoms with Crippen molar-refractivity contribution in [1.29, 1.82) is 0 Å². The number of amides is 1. The second-order valence-electron chi connectivity index (χ2n) is 5.17. The Morgan fingerprint density at radius 3 is 2.52 bits per heavy atom.